The predicted molar refractivity (Wildman–Crippen MR) is 93.9 cm³/mol. The van der Waals surface area contributed by atoms with Gasteiger partial charge in [0.05, 0.1) is 0 Å². The number of anilines is 2. The zero-order valence-electron chi connectivity index (χ0n) is 13.2. The van der Waals surface area contributed by atoms with Crippen LogP contribution in [0.5, 0.6) is 0 Å². The minimum atomic E-state index is 0. The fraction of sp³-hybridized carbons (Fsp3) is 0.235. The third-order valence-electron chi connectivity index (χ3n) is 3.37. The van der Waals surface area contributed by atoms with E-state index < -0.39 is 0 Å². The average Bonchev–Trinajstić information content (AvgIpc) is 2.34. The summed E-state index contributed by atoms with van der Waals surface area (Å²) in [6.07, 6.45) is 0. The number of rotatable bonds is 2. The van der Waals surface area contributed by atoms with Crippen LogP contribution in [0, 0.1) is 27.7 Å². The van der Waals surface area contributed by atoms with Gasteiger partial charge in [-0.1, -0.05) is 39.7 Å². The van der Waals surface area contributed by atoms with Crippen molar-refractivity contribution in [1.82, 2.24) is 0 Å². The van der Waals surface area contributed by atoms with Gasteiger partial charge in [0.15, 0.2) is 0 Å². The van der Waals surface area contributed by atoms with Crippen LogP contribution in [0.15, 0.2) is 36.4 Å². The zero-order valence-corrected chi connectivity index (χ0v) is 16.9. The van der Waals surface area contributed by atoms with Crippen molar-refractivity contribution in [3.63, 3.8) is 0 Å². The zero-order chi connectivity index (χ0) is 14.9. The molecule has 0 amide bonds. The van der Waals surface area contributed by atoms with E-state index in [1.807, 2.05) is 4.90 Å². The first kappa shape index (κ1) is 18.6. The van der Waals surface area contributed by atoms with Crippen molar-refractivity contribution in [2.75, 3.05) is 4.90 Å². The molecule has 4 heteroatoms. The molecule has 0 saturated heterocycles. The molecule has 0 atom stereocenters. The molecule has 0 spiro atoms. The molecule has 0 radical (unpaired) electrons. The van der Waals surface area contributed by atoms with Gasteiger partial charge in [-0.05, 0) is 51.0 Å². The topological polar surface area (TPSA) is 3.24 Å². The SMILES string of the molecule is Cc1ccc(N(C(=S)[S-])c2ccc(C)cc2C)c(C)c1.[Na+]. The van der Waals surface area contributed by atoms with Crippen molar-refractivity contribution in [2.24, 2.45) is 0 Å². The van der Waals surface area contributed by atoms with Gasteiger partial charge in [0.25, 0.3) is 0 Å². The monoisotopic (exact) mass is 323 g/mol. The molecule has 104 valence electrons. The Morgan fingerprint density at radius 3 is 1.52 bits per heavy atom. The Hall–Kier alpha value is -0.450. The molecule has 2 rings (SSSR count). The maximum absolute atomic E-state index is 5.31. The van der Waals surface area contributed by atoms with E-state index in [0.29, 0.717) is 4.32 Å². The van der Waals surface area contributed by atoms with Gasteiger partial charge in [-0.25, -0.2) is 0 Å². The number of benzene rings is 2. The van der Waals surface area contributed by atoms with Gasteiger partial charge < -0.3 is 29.7 Å². The van der Waals surface area contributed by atoms with Crippen molar-refractivity contribution in [3.05, 3.63) is 58.7 Å². The molecule has 0 N–H and O–H groups in total. The Bertz CT molecular complexity index is 616. The Balaban J connectivity index is 0.00000220. The van der Waals surface area contributed by atoms with E-state index in [-0.39, 0.29) is 29.6 Å². The van der Waals surface area contributed by atoms with Crippen molar-refractivity contribution < 1.29 is 29.6 Å². The van der Waals surface area contributed by atoms with E-state index in [1.165, 1.54) is 22.3 Å². The molecule has 0 fully saturated rings. The van der Waals surface area contributed by atoms with Crippen molar-refractivity contribution in [1.29, 1.82) is 0 Å². The molecule has 0 aliphatic rings. The molecule has 2 aromatic rings. The molecule has 0 aromatic heterocycles. The minimum absolute atomic E-state index is 0. The van der Waals surface area contributed by atoms with E-state index in [0.717, 1.165) is 11.4 Å². The molecule has 0 saturated carbocycles. The molecule has 1 nitrogen and oxygen atoms in total. The first-order valence-electron chi connectivity index (χ1n) is 6.56. The first-order chi connectivity index (χ1) is 9.40. The normalized spacial score (nSPS) is 9.90. The Kier molecular flexibility index (Phi) is 6.82. The summed E-state index contributed by atoms with van der Waals surface area (Å²) in [7, 11) is 0. The number of nitrogens with zero attached hydrogens (tertiary/aromatic N) is 1. The number of hydrogen-bond donors (Lipinski definition) is 0. The van der Waals surface area contributed by atoms with Crippen molar-refractivity contribution >= 4 is 40.5 Å². The molecular weight excluding hydrogens is 305 g/mol. The fourth-order valence-electron chi connectivity index (χ4n) is 2.44. The second kappa shape index (κ2) is 7.70. The predicted octanol–water partition coefficient (Wildman–Crippen LogP) is 1.89. The molecule has 0 aliphatic carbocycles. The summed E-state index contributed by atoms with van der Waals surface area (Å²) >= 11 is 10.6. The molecule has 0 unspecified atom stereocenters. The molecule has 21 heavy (non-hydrogen) atoms. The minimum Gasteiger partial charge on any atom is -0.411 e. The summed E-state index contributed by atoms with van der Waals surface area (Å²) < 4.78 is 0.448. The van der Waals surface area contributed by atoms with Crippen LogP contribution in [-0.4, -0.2) is 4.32 Å². The van der Waals surface area contributed by atoms with Gasteiger partial charge in [-0.15, -0.1) is 0 Å². The third-order valence-corrected chi connectivity index (χ3v) is 3.73. The van der Waals surface area contributed by atoms with Crippen molar-refractivity contribution in [3.8, 4) is 0 Å². The smallest absolute Gasteiger partial charge is 0.411 e. The molecule has 2 aromatic carbocycles. The quantitative estimate of drug-likeness (QED) is 0.472. The summed E-state index contributed by atoms with van der Waals surface area (Å²) in [6.45, 7) is 8.35. The van der Waals surface area contributed by atoms with E-state index in [9.17, 15) is 0 Å². The summed E-state index contributed by atoms with van der Waals surface area (Å²) in [5, 5.41) is 0. The summed E-state index contributed by atoms with van der Waals surface area (Å²) in [5.74, 6) is 0. The van der Waals surface area contributed by atoms with Crippen LogP contribution in [-0.2, 0) is 12.6 Å². The van der Waals surface area contributed by atoms with Crippen LogP contribution < -0.4 is 34.5 Å². The van der Waals surface area contributed by atoms with Crippen LogP contribution in [0.1, 0.15) is 22.3 Å². The third kappa shape index (κ3) is 4.27. The van der Waals surface area contributed by atoms with Gasteiger partial charge in [-0.3, -0.25) is 0 Å². The van der Waals surface area contributed by atoms with Crippen LogP contribution in [0.25, 0.3) is 0 Å². The number of hydrogen-bond acceptors (Lipinski definition) is 2. The van der Waals surface area contributed by atoms with Crippen molar-refractivity contribution in [2.45, 2.75) is 27.7 Å². The molecular formula is C17H18NNaS2. The summed E-state index contributed by atoms with van der Waals surface area (Å²) in [4.78, 5) is 1.98. The molecule has 0 aliphatic heterocycles. The molecule has 0 heterocycles. The van der Waals surface area contributed by atoms with E-state index in [4.69, 9.17) is 24.8 Å². The largest absolute Gasteiger partial charge is 1.00 e. The van der Waals surface area contributed by atoms with Crippen LogP contribution >= 0.6 is 12.2 Å². The maximum Gasteiger partial charge on any atom is 1.00 e. The summed E-state index contributed by atoms with van der Waals surface area (Å²) in [5.41, 5.74) is 6.95. The fourth-order valence-corrected chi connectivity index (χ4v) is 2.83. The number of aryl methyl sites for hydroxylation is 4. The standard InChI is InChI=1S/C17H19NS2.Na/c1-11-5-7-15(13(3)9-11)18(17(19)20)16-8-6-12(2)10-14(16)4;/h5-10H,1-4H3,(H,19,20);/q;+1/p-1. The second-order valence-corrected chi connectivity index (χ2v) is 6.21. The Morgan fingerprint density at radius 1 is 0.857 bits per heavy atom. The van der Waals surface area contributed by atoms with E-state index >= 15 is 0 Å². The van der Waals surface area contributed by atoms with Gasteiger partial charge in [0, 0.05) is 11.4 Å². The summed E-state index contributed by atoms with van der Waals surface area (Å²) in [6, 6.07) is 12.7. The van der Waals surface area contributed by atoms with E-state index in [1.54, 1.807) is 0 Å². The van der Waals surface area contributed by atoms with Crippen LogP contribution in [0.3, 0.4) is 0 Å². The van der Waals surface area contributed by atoms with Gasteiger partial charge in [-0.2, -0.15) is 0 Å². The van der Waals surface area contributed by atoms with Gasteiger partial charge in [0.1, 0.15) is 0 Å². The number of thiocarbonyl (C=S) groups is 1. The maximum atomic E-state index is 5.31. The van der Waals surface area contributed by atoms with E-state index in [2.05, 4.69) is 64.1 Å². The second-order valence-electron chi connectivity index (χ2n) is 5.18. The molecule has 0 bridgehead atoms. The Morgan fingerprint density at radius 2 is 1.24 bits per heavy atom. The van der Waals surface area contributed by atoms with Crippen LogP contribution in [0.2, 0.25) is 0 Å². The van der Waals surface area contributed by atoms with Gasteiger partial charge >= 0.3 is 29.6 Å². The van der Waals surface area contributed by atoms with Gasteiger partial charge in [0.2, 0.25) is 0 Å². The average molecular weight is 323 g/mol. The first-order valence-corrected chi connectivity index (χ1v) is 7.37. The Labute approximate surface area is 160 Å². The van der Waals surface area contributed by atoms with Crippen LogP contribution in [0.4, 0.5) is 11.4 Å².